The monoisotopic (exact) mass is 448 g/mol. The normalized spacial score (nSPS) is 17.7. The van der Waals surface area contributed by atoms with Crippen molar-refractivity contribution in [1.29, 1.82) is 0 Å². The second kappa shape index (κ2) is 8.31. The first-order chi connectivity index (χ1) is 15.5. The van der Waals surface area contributed by atoms with Gasteiger partial charge in [-0.25, -0.2) is 9.67 Å². The van der Waals surface area contributed by atoms with Crippen LogP contribution in [-0.2, 0) is 17.8 Å². The fourth-order valence-corrected chi connectivity index (χ4v) is 5.22. The molecule has 3 heterocycles. The number of amides is 2. The van der Waals surface area contributed by atoms with E-state index in [9.17, 15) is 9.59 Å². The number of carbonyl (C=O) groups is 2. The van der Waals surface area contributed by atoms with Crippen LogP contribution in [0.15, 0.2) is 53.7 Å². The van der Waals surface area contributed by atoms with Crippen molar-refractivity contribution in [3.8, 4) is 0 Å². The molecule has 1 aromatic heterocycles. The van der Waals surface area contributed by atoms with Crippen LogP contribution in [0.1, 0.15) is 21.7 Å². The number of benzene rings is 2. The highest BCUT2D eigenvalue weighted by Gasteiger charge is 2.32. The van der Waals surface area contributed by atoms with Crippen LogP contribution in [0, 0.1) is 0 Å². The van der Waals surface area contributed by atoms with Gasteiger partial charge in [0.15, 0.2) is 0 Å². The molecule has 2 aliphatic heterocycles. The van der Waals surface area contributed by atoms with Gasteiger partial charge in [-0.3, -0.25) is 9.59 Å². The molecule has 2 aliphatic rings. The highest BCUT2D eigenvalue weighted by Crippen LogP contribution is 2.40. The van der Waals surface area contributed by atoms with E-state index in [1.54, 1.807) is 28.4 Å². The Balaban J connectivity index is 1.30. The number of nitrogens with one attached hydrogen (secondary N) is 1. The maximum absolute atomic E-state index is 13.1. The molecule has 0 unspecified atom stereocenters. The highest BCUT2D eigenvalue weighted by atomic mass is 32.2. The second-order valence-electron chi connectivity index (χ2n) is 8.11. The molecule has 8 nitrogen and oxygen atoms in total. The average molecular weight is 449 g/mol. The molecule has 1 atom stereocenters. The van der Waals surface area contributed by atoms with Crippen LogP contribution < -0.4 is 15.1 Å². The van der Waals surface area contributed by atoms with Crippen molar-refractivity contribution in [3.05, 3.63) is 65.7 Å². The number of thioether (sulfide) groups is 1. The van der Waals surface area contributed by atoms with Crippen LogP contribution in [0.5, 0.6) is 0 Å². The standard InChI is InChI=1S/C23H24N6O2S/c1-27-9-8-16-10-19-20(11-18(16)27)32-13-17(23(31)28(19)2)25-22(30)21-24-14-29(26-21)12-15-6-4-3-5-7-15/h3-7,10-11,14,17H,8-9,12-13H2,1-2H3,(H,25,30)/t17-/m0/s1. The summed E-state index contributed by atoms with van der Waals surface area (Å²) in [5.74, 6) is -0.0736. The minimum atomic E-state index is -0.654. The minimum Gasteiger partial charge on any atom is -0.374 e. The molecular weight excluding hydrogens is 424 g/mol. The van der Waals surface area contributed by atoms with E-state index in [2.05, 4.69) is 39.5 Å². The first kappa shape index (κ1) is 20.6. The third kappa shape index (κ3) is 3.84. The second-order valence-corrected chi connectivity index (χ2v) is 9.17. The van der Waals surface area contributed by atoms with E-state index in [1.165, 1.54) is 17.6 Å². The lowest BCUT2D eigenvalue weighted by molar-refractivity contribution is -0.119. The summed E-state index contributed by atoms with van der Waals surface area (Å²) in [6.07, 6.45) is 2.51. The van der Waals surface area contributed by atoms with Crippen LogP contribution in [0.3, 0.4) is 0 Å². The first-order valence-corrected chi connectivity index (χ1v) is 11.5. The van der Waals surface area contributed by atoms with E-state index in [-0.39, 0.29) is 11.7 Å². The van der Waals surface area contributed by atoms with Gasteiger partial charge in [-0.1, -0.05) is 30.3 Å². The third-order valence-corrected chi connectivity index (χ3v) is 7.05. The lowest BCUT2D eigenvalue weighted by Crippen LogP contribution is -2.48. The molecule has 1 N–H and O–H groups in total. The molecule has 32 heavy (non-hydrogen) atoms. The maximum Gasteiger partial charge on any atom is 0.291 e. The molecule has 0 saturated heterocycles. The van der Waals surface area contributed by atoms with E-state index in [1.807, 2.05) is 30.3 Å². The summed E-state index contributed by atoms with van der Waals surface area (Å²) in [5, 5.41) is 7.12. The van der Waals surface area contributed by atoms with Gasteiger partial charge in [-0.05, 0) is 29.7 Å². The predicted octanol–water partition coefficient (Wildman–Crippen LogP) is 2.19. The van der Waals surface area contributed by atoms with Crippen LogP contribution >= 0.6 is 11.8 Å². The zero-order valence-electron chi connectivity index (χ0n) is 18.0. The van der Waals surface area contributed by atoms with Gasteiger partial charge in [0, 0.05) is 37.0 Å². The molecule has 0 bridgehead atoms. The zero-order valence-corrected chi connectivity index (χ0v) is 18.8. The van der Waals surface area contributed by atoms with E-state index in [0.29, 0.717) is 12.3 Å². The molecule has 3 aromatic rings. The van der Waals surface area contributed by atoms with Crippen molar-refractivity contribution in [2.45, 2.75) is 23.9 Å². The Bertz CT molecular complexity index is 1180. The number of carbonyl (C=O) groups excluding carboxylic acids is 2. The average Bonchev–Trinajstić information content (AvgIpc) is 3.39. The molecule has 0 saturated carbocycles. The summed E-state index contributed by atoms with van der Waals surface area (Å²) in [5.41, 5.74) is 4.43. The zero-order chi connectivity index (χ0) is 22.2. The van der Waals surface area contributed by atoms with Crippen molar-refractivity contribution in [2.24, 2.45) is 0 Å². The molecule has 0 spiro atoms. The summed E-state index contributed by atoms with van der Waals surface area (Å²) >= 11 is 1.59. The number of fused-ring (bicyclic) bond motifs is 2. The number of nitrogens with zero attached hydrogens (tertiary/aromatic N) is 5. The van der Waals surface area contributed by atoms with Crippen LogP contribution in [-0.4, -0.2) is 59.0 Å². The van der Waals surface area contributed by atoms with Gasteiger partial charge in [-0.2, -0.15) is 0 Å². The Hall–Kier alpha value is -3.33. The predicted molar refractivity (Wildman–Crippen MR) is 124 cm³/mol. The topological polar surface area (TPSA) is 83.4 Å². The van der Waals surface area contributed by atoms with Gasteiger partial charge >= 0.3 is 0 Å². The van der Waals surface area contributed by atoms with Crippen molar-refractivity contribution in [2.75, 3.05) is 36.2 Å². The smallest absolute Gasteiger partial charge is 0.291 e. The Morgan fingerprint density at radius 3 is 2.81 bits per heavy atom. The van der Waals surface area contributed by atoms with Crippen molar-refractivity contribution < 1.29 is 9.59 Å². The Morgan fingerprint density at radius 2 is 2.00 bits per heavy atom. The number of rotatable bonds is 4. The molecular formula is C23H24N6O2S. The van der Waals surface area contributed by atoms with Crippen LogP contribution in [0.4, 0.5) is 11.4 Å². The van der Waals surface area contributed by atoms with Gasteiger partial charge in [0.1, 0.15) is 12.4 Å². The lowest BCUT2D eigenvalue weighted by Gasteiger charge is -2.22. The van der Waals surface area contributed by atoms with Gasteiger partial charge < -0.3 is 15.1 Å². The Kier molecular flexibility index (Phi) is 5.34. The summed E-state index contributed by atoms with van der Waals surface area (Å²) in [4.78, 5) is 35.0. The number of hydrogen-bond acceptors (Lipinski definition) is 6. The summed E-state index contributed by atoms with van der Waals surface area (Å²) in [6, 6.07) is 13.4. The van der Waals surface area contributed by atoms with Crippen molar-refractivity contribution in [3.63, 3.8) is 0 Å². The number of hydrogen-bond donors (Lipinski definition) is 1. The van der Waals surface area contributed by atoms with Crippen LogP contribution in [0.2, 0.25) is 0 Å². The molecule has 164 valence electrons. The molecule has 0 fully saturated rings. The first-order valence-electron chi connectivity index (χ1n) is 10.5. The van der Waals surface area contributed by atoms with E-state index < -0.39 is 11.9 Å². The fourth-order valence-electron chi connectivity index (χ4n) is 4.11. The minimum absolute atomic E-state index is 0.0590. The van der Waals surface area contributed by atoms with Crippen molar-refractivity contribution >= 4 is 35.0 Å². The molecule has 2 aromatic carbocycles. The van der Waals surface area contributed by atoms with Crippen LogP contribution in [0.25, 0.3) is 0 Å². The molecule has 5 rings (SSSR count). The summed E-state index contributed by atoms with van der Waals surface area (Å²) in [7, 11) is 3.85. The number of aromatic nitrogens is 3. The Labute approximate surface area is 190 Å². The maximum atomic E-state index is 13.1. The van der Waals surface area contributed by atoms with E-state index >= 15 is 0 Å². The summed E-state index contributed by atoms with van der Waals surface area (Å²) in [6.45, 7) is 1.51. The van der Waals surface area contributed by atoms with Gasteiger partial charge in [0.25, 0.3) is 5.91 Å². The summed E-state index contributed by atoms with van der Waals surface area (Å²) < 4.78 is 1.62. The van der Waals surface area contributed by atoms with Gasteiger partial charge in [0.05, 0.1) is 12.2 Å². The largest absolute Gasteiger partial charge is 0.374 e. The van der Waals surface area contributed by atoms with Crippen molar-refractivity contribution in [1.82, 2.24) is 20.1 Å². The molecule has 0 radical (unpaired) electrons. The Morgan fingerprint density at radius 1 is 1.19 bits per heavy atom. The highest BCUT2D eigenvalue weighted by molar-refractivity contribution is 7.99. The van der Waals surface area contributed by atoms with Gasteiger partial charge in [0.2, 0.25) is 11.7 Å². The van der Waals surface area contributed by atoms with E-state index in [4.69, 9.17) is 0 Å². The molecule has 9 heteroatoms. The van der Waals surface area contributed by atoms with E-state index in [0.717, 1.165) is 29.1 Å². The van der Waals surface area contributed by atoms with Gasteiger partial charge in [-0.15, -0.1) is 16.9 Å². The number of anilines is 2. The quantitative estimate of drug-likeness (QED) is 0.659. The SMILES string of the molecule is CN1CCc2cc3c(cc21)SC[C@H](NC(=O)c1ncn(Cc2ccccc2)n1)C(=O)N3C. The fraction of sp³-hybridized carbons (Fsp3) is 0.304. The lowest BCUT2D eigenvalue weighted by atomic mass is 10.1. The molecule has 0 aliphatic carbocycles. The third-order valence-electron chi connectivity index (χ3n) is 5.92. The molecule has 2 amide bonds. The number of likely N-dealkylation sites (N-methyl/N-ethyl adjacent to an activating group) is 2.